The molecule has 0 aromatic heterocycles. The first-order valence-electron chi connectivity index (χ1n) is 8.70. The minimum Gasteiger partial charge on any atom is -0.324 e. The van der Waals surface area contributed by atoms with Crippen LogP contribution >= 0.6 is 11.8 Å². The summed E-state index contributed by atoms with van der Waals surface area (Å²) in [4.78, 5) is 38.4. The molecule has 1 aromatic carbocycles. The molecule has 0 spiro atoms. The monoisotopic (exact) mass is 400 g/mol. The Morgan fingerprint density at radius 1 is 1.11 bits per heavy atom. The average molecular weight is 400 g/mol. The zero-order chi connectivity index (χ0) is 19.6. The Bertz CT molecular complexity index is 730. The van der Waals surface area contributed by atoms with Crippen molar-refractivity contribution in [3.05, 3.63) is 24.3 Å². The Morgan fingerprint density at radius 2 is 1.70 bits per heavy atom. The Morgan fingerprint density at radius 3 is 2.30 bits per heavy atom. The number of fused-ring (bicyclic) bond motifs is 1. The number of rotatable bonds is 5. The Labute approximate surface area is 158 Å². The predicted molar refractivity (Wildman–Crippen MR) is 94.0 cm³/mol. The number of nitrogens with zero attached hydrogens (tertiary/aromatic N) is 1. The van der Waals surface area contributed by atoms with Crippen molar-refractivity contribution in [2.75, 3.05) is 17.6 Å². The van der Waals surface area contributed by atoms with Gasteiger partial charge in [-0.2, -0.15) is 13.2 Å². The van der Waals surface area contributed by atoms with E-state index in [2.05, 4.69) is 5.32 Å². The molecule has 1 aliphatic carbocycles. The molecule has 0 radical (unpaired) electrons. The van der Waals surface area contributed by atoms with Gasteiger partial charge in [-0.15, -0.1) is 11.8 Å². The highest BCUT2D eigenvalue weighted by Gasteiger charge is 2.48. The van der Waals surface area contributed by atoms with Gasteiger partial charge in [0, 0.05) is 4.90 Å². The second-order valence-corrected chi connectivity index (χ2v) is 7.73. The fourth-order valence-corrected chi connectivity index (χ4v) is 4.34. The number of carbonyl (C=O) groups is 3. The van der Waals surface area contributed by atoms with Crippen LogP contribution in [-0.2, 0) is 14.4 Å². The second kappa shape index (κ2) is 7.92. The Kier molecular flexibility index (Phi) is 5.78. The minimum absolute atomic E-state index is 0.230. The number of anilines is 1. The maximum atomic E-state index is 12.4. The largest absolute Gasteiger partial charge is 0.398 e. The number of halogens is 3. The number of alkyl halides is 3. The third-order valence-electron chi connectivity index (χ3n) is 4.79. The van der Waals surface area contributed by atoms with Crippen molar-refractivity contribution in [1.82, 2.24) is 4.90 Å². The lowest BCUT2D eigenvalue weighted by Crippen LogP contribution is -2.38. The normalized spacial score (nSPS) is 22.7. The van der Waals surface area contributed by atoms with E-state index in [-0.39, 0.29) is 34.2 Å². The van der Waals surface area contributed by atoms with Gasteiger partial charge >= 0.3 is 6.18 Å². The van der Waals surface area contributed by atoms with Crippen molar-refractivity contribution in [1.29, 1.82) is 0 Å². The maximum absolute atomic E-state index is 12.4. The van der Waals surface area contributed by atoms with E-state index in [1.807, 2.05) is 0 Å². The smallest absolute Gasteiger partial charge is 0.324 e. The molecule has 1 heterocycles. The van der Waals surface area contributed by atoms with Crippen LogP contribution in [0.2, 0.25) is 0 Å². The minimum atomic E-state index is -4.33. The molecule has 27 heavy (non-hydrogen) atoms. The van der Waals surface area contributed by atoms with Crippen LogP contribution in [0.5, 0.6) is 0 Å². The molecule has 2 aliphatic rings. The van der Waals surface area contributed by atoms with Crippen molar-refractivity contribution in [3.63, 3.8) is 0 Å². The standard InChI is InChI=1S/C18H19F3N2O3S/c19-18(20,21)10-27-14-8-4-3-7-13(14)22-15(24)9-23-16(25)11-5-1-2-6-12(11)17(23)26/h3-4,7-8,11-12H,1-2,5-6,9-10H2,(H,22,24). The van der Waals surface area contributed by atoms with Gasteiger partial charge in [0.05, 0.1) is 23.3 Å². The number of imide groups is 1. The molecule has 1 saturated carbocycles. The molecular weight excluding hydrogens is 381 g/mol. The van der Waals surface area contributed by atoms with E-state index in [4.69, 9.17) is 0 Å². The Balaban J connectivity index is 1.64. The zero-order valence-electron chi connectivity index (χ0n) is 14.4. The van der Waals surface area contributed by atoms with Crippen LogP contribution in [0.25, 0.3) is 0 Å². The van der Waals surface area contributed by atoms with Gasteiger partial charge in [0.15, 0.2) is 0 Å². The van der Waals surface area contributed by atoms with Crippen LogP contribution in [0.15, 0.2) is 29.2 Å². The van der Waals surface area contributed by atoms with E-state index >= 15 is 0 Å². The third-order valence-corrected chi connectivity index (χ3v) is 5.93. The lowest BCUT2D eigenvalue weighted by atomic mass is 9.81. The molecule has 5 nitrogen and oxygen atoms in total. The number of hydrogen-bond donors (Lipinski definition) is 1. The maximum Gasteiger partial charge on any atom is 0.398 e. The molecule has 2 fully saturated rings. The number of benzene rings is 1. The summed E-state index contributed by atoms with van der Waals surface area (Å²) < 4.78 is 37.3. The van der Waals surface area contributed by atoms with E-state index in [1.165, 1.54) is 12.1 Å². The van der Waals surface area contributed by atoms with Crippen LogP contribution in [0.3, 0.4) is 0 Å². The van der Waals surface area contributed by atoms with Gasteiger partial charge in [-0.25, -0.2) is 0 Å². The van der Waals surface area contributed by atoms with Crippen LogP contribution in [-0.4, -0.2) is 41.1 Å². The fourth-order valence-electron chi connectivity index (χ4n) is 3.58. The van der Waals surface area contributed by atoms with Crippen LogP contribution in [0.4, 0.5) is 18.9 Å². The summed E-state index contributed by atoms with van der Waals surface area (Å²) in [5.74, 6) is -3.00. The summed E-state index contributed by atoms with van der Waals surface area (Å²) in [7, 11) is 0. The molecule has 2 unspecified atom stereocenters. The molecular formula is C18H19F3N2O3S. The number of para-hydroxylation sites is 1. The summed E-state index contributed by atoms with van der Waals surface area (Å²) in [6, 6.07) is 6.14. The van der Waals surface area contributed by atoms with E-state index in [0.29, 0.717) is 24.6 Å². The van der Waals surface area contributed by atoms with E-state index in [9.17, 15) is 27.6 Å². The van der Waals surface area contributed by atoms with Gasteiger partial charge in [-0.05, 0) is 25.0 Å². The molecule has 9 heteroatoms. The molecule has 3 rings (SSSR count). The van der Waals surface area contributed by atoms with Crippen molar-refractivity contribution < 1.29 is 27.6 Å². The van der Waals surface area contributed by atoms with Crippen molar-refractivity contribution >= 4 is 35.2 Å². The molecule has 0 bridgehead atoms. The highest BCUT2D eigenvalue weighted by Crippen LogP contribution is 2.38. The first-order chi connectivity index (χ1) is 12.8. The number of carbonyl (C=O) groups excluding carboxylic acids is 3. The summed E-state index contributed by atoms with van der Waals surface area (Å²) in [5, 5.41) is 2.52. The van der Waals surface area contributed by atoms with Gasteiger partial charge < -0.3 is 5.32 Å². The van der Waals surface area contributed by atoms with E-state index in [0.717, 1.165) is 17.7 Å². The van der Waals surface area contributed by atoms with E-state index in [1.54, 1.807) is 12.1 Å². The first kappa shape index (κ1) is 19.7. The van der Waals surface area contributed by atoms with Crippen LogP contribution in [0.1, 0.15) is 25.7 Å². The summed E-state index contributed by atoms with van der Waals surface area (Å²) in [6.07, 6.45) is -1.23. The second-order valence-electron chi connectivity index (χ2n) is 6.71. The summed E-state index contributed by atoms with van der Waals surface area (Å²) in [6.45, 7) is -0.414. The molecule has 1 N–H and O–H groups in total. The number of amides is 3. The van der Waals surface area contributed by atoms with Crippen molar-refractivity contribution in [3.8, 4) is 0 Å². The Hall–Kier alpha value is -2.03. The fraction of sp³-hybridized carbons (Fsp3) is 0.500. The highest BCUT2D eigenvalue weighted by atomic mass is 32.2. The van der Waals surface area contributed by atoms with E-state index < -0.39 is 24.4 Å². The van der Waals surface area contributed by atoms with Crippen molar-refractivity contribution in [2.45, 2.75) is 36.8 Å². The number of nitrogens with one attached hydrogen (secondary N) is 1. The summed E-state index contributed by atoms with van der Waals surface area (Å²) in [5.41, 5.74) is 0.230. The van der Waals surface area contributed by atoms with Gasteiger partial charge in [-0.3, -0.25) is 19.3 Å². The molecule has 146 valence electrons. The first-order valence-corrected chi connectivity index (χ1v) is 9.68. The average Bonchev–Trinajstić information content (AvgIpc) is 2.86. The molecule has 1 saturated heterocycles. The zero-order valence-corrected chi connectivity index (χ0v) is 15.2. The third kappa shape index (κ3) is 4.63. The highest BCUT2D eigenvalue weighted by molar-refractivity contribution is 7.99. The number of thioether (sulfide) groups is 1. The molecule has 1 aromatic rings. The molecule has 2 atom stereocenters. The van der Waals surface area contributed by atoms with Gasteiger partial charge in [0.25, 0.3) is 0 Å². The van der Waals surface area contributed by atoms with Gasteiger partial charge in [0.1, 0.15) is 6.54 Å². The van der Waals surface area contributed by atoms with Crippen molar-refractivity contribution in [2.24, 2.45) is 11.8 Å². The quantitative estimate of drug-likeness (QED) is 0.607. The number of hydrogen-bond acceptors (Lipinski definition) is 4. The van der Waals surface area contributed by atoms with Crippen LogP contribution < -0.4 is 5.32 Å². The molecule has 3 amide bonds. The SMILES string of the molecule is O=C(CN1C(=O)C2CCCCC2C1=O)Nc1ccccc1SCC(F)(F)F. The van der Waals surface area contributed by atoms with Crippen LogP contribution in [0, 0.1) is 11.8 Å². The predicted octanol–water partition coefficient (Wildman–Crippen LogP) is 3.45. The van der Waals surface area contributed by atoms with Gasteiger partial charge in [-0.1, -0.05) is 25.0 Å². The number of likely N-dealkylation sites (tertiary alicyclic amines) is 1. The lowest BCUT2D eigenvalue weighted by Gasteiger charge is -2.19. The topological polar surface area (TPSA) is 66.5 Å². The van der Waals surface area contributed by atoms with Gasteiger partial charge in [0.2, 0.25) is 17.7 Å². The lowest BCUT2D eigenvalue weighted by molar-refractivity contribution is -0.142. The molecule has 1 aliphatic heterocycles. The summed E-state index contributed by atoms with van der Waals surface area (Å²) >= 11 is 0.569.